The minimum Gasteiger partial charge on any atom is -0.489 e. The van der Waals surface area contributed by atoms with Crippen LogP contribution >= 0.6 is 0 Å². The molecule has 26 heavy (non-hydrogen) atoms. The molecule has 1 saturated heterocycles. The molecule has 0 saturated carbocycles. The van der Waals surface area contributed by atoms with Crippen LogP contribution in [0.1, 0.15) is 19.8 Å². The third-order valence-electron chi connectivity index (χ3n) is 4.88. The fraction of sp³-hybridized carbons (Fsp3) is 0.273. The van der Waals surface area contributed by atoms with E-state index in [-0.39, 0.29) is 12.0 Å². The average molecular weight is 346 g/mol. The zero-order chi connectivity index (χ0) is 17.9. The Morgan fingerprint density at radius 1 is 1.15 bits per heavy atom. The molecule has 0 bridgehead atoms. The number of likely N-dealkylation sites (tertiary alicyclic amines) is 1. The van der Waals surface area contributed by atoms with Crippen molar-refractivity contribution < 1.29 is 9.53 Å². The SMILES string of the molecule is CCC(=O)N1CC[C@H](Oc2ccc(-c3cnc4ccccc4c3)cc2)C1. The van der Waals surface area contributed by atoms with Gasteiger partial charge in [0, 0.05) is 36.5 Å². The van der Waals surface area contributed by atoms with Gasteiger partial charge in [-0.3, -0.25) is 9.78 Å². The predicted octanol–water partition coefficient (Wildman–Crippen LogP) is 4.29. The van der Waals surface area contributed by atoms with Gasteiger partial charge in [-0.25, -0.2) is 0 Å². The Morgan fingerprint density at radius 2 is 1.96 bits per heavy atom. The molecular formula is C22H22N2O2. The first-order chi connectivity index (χ1) is 12.7. The molecule has 2 aromatic carbocycles. The third kappa shape index (κ3) is 3.40. The summed E-state index contributed by atoms with van der Waals surface area (Å²) >= 11 is 0. The van der Waals surface area contributed by atoms with Crippen molar-refractivity contribution in [2.75, 3.05) is 13.1 Å². The number of fused-ring (bicyclic) bond motifs is 1. The zero-order valence-electron chi connectivity index (χ0n) is 14.9. The van der Waals surface area contributed by atoms with Crippen molar-refractivity contribution in [3.05, 3.63) is 60.8 Å². The normalized spacial score (nSPS) is 16.8. The first-order valence-corrected chi connectivity index (χ1v) is 9.12. The lowest BCUT2D eigenvalue weighted by Gasteiger charge is -2.16. The van der Waals surface area contributed by atoms with Gasteiger partial charge in [0.25, 0.3) is 0 Å². The lowest BCUT2D eigenvalue weighted by atomic mass is 10.1. The van der Waals surface area contributed by atoms with Crippen LogP contribution in [-0.2, 0) is 4.79 Å². The first kappa shape index (κ1) is 16.6. The summed E-state index contributed by atoms with van der Waals surface area (Å²) < 4.78 is 6.05. The van der Waals surface area contributed by atoms with E-state index < -0.39 is 0 Å². The summed E-state index contributed by atoms with van der Waals surface area (Å²) in [6.07, 6.45) is 3.44. The van der Waals surface area contributed by atoms with Gasteiger partial charge in [0.05, 0.1) is 12.1 Å². The number of benzene rings is 2. The molecule has 4 nitrogen and oxygen atoms in total. The number of nitrogens with zero attached hydrogens (tertiary/aromatic N) is 2. The topological polar surface area (TPSA) is 42.4 Å². The van der Waals surface area contributed by atoms with E-state index in [0.29, 0.717) is 13.0 Å². The second kappa shape index (κ2) is 7.16. The van der Waals surface area contributed by atoms with Crippen LogP contribution in [0.25, 0.3) is 22.0 Å². The van der Waals surface area contributed by atoms with Gasteiger partial charge in [-0.15, -0.1) is 0 Å². The highest BCUT2D eigenvalue weighted by Crippen LogP contribution is 2.26. The van der Waals surface area contributed by atoms with Crippen molar-refractivity contribution in [3.8, 4) is 16.9 Å². The van der Waals surface area contributed by atoms with Gasteiger partial charge >= 0.3 is 0 Å². The Balaban J connectivity index is 1.45. The van der Waals surface area contributed by atoms with Crippen molar-refractivity contribution in [1.29, 1.82) is 0 Å². The van der Waals surface area contributed by atoms with Crippen LogP contribution < -0.4 is 4.74 Å². The minimum atomic E-state index is 0.0821. The largest absolute Gasteiger partial charge is 0.489 e. The van der Waals surface area contributed by atoms with Crippen molar-refractivity contribution in [3.63, 3.8) is 0 Å². The summed E-state index contributed by atoms with van der Waals surface area (Å²) in [5.41, 5.74) is 3.21. The fourth-order valence-electron chi connectivity index (χ4n) is 3.42. The van der Waals surface area contributed by atoms with E-state index in [2.05, 4.69) is 29.2 Å². The number of pyridine rings is 1. The monoisotopic (exact) mass is 346 g/mol. The number of ether oxygens (including phenoxy) is 1. The van der Waals surface area contributed by atoms with Crippen LogP contribution in [-0.4, -0.2) is 35.0 Å². The molecule has 1 aromatic heterocycles. The summed E-state index contributed by atoms with van der Waals surface area (Å²) in [5, 5.41) is 1.14. The maximum Gasteiger partial charge on any atom is 0.222 e. The number of hydrogen-bond acceptors (Lipinski definition) is 3. The summed E-state index contributed by atoms with van der Waals surface area (Å²) in [6.45, 7) is 3.37. The van der Waals surface area contributed by atoms with E-state index in [1.807, 2.05) is 48.4 Å². The summed E-state index contributed by atoms with van der Waals surface area (Å²) in [5.74, 6) is 1.05. The molecule has 1 atom stereocenters. The van der Waals surface area contributed by atoms with Gasteiger partial charge in [0.1, 0.15) is 11.9 Å². The smallest absolute Gasteiger partial charge is 0.222 e. The third-order valence-corrected chi connectivity index (χ3v) is 4.88. The van der Waals surface area contributed by atoms with Gasteiger partial charge in [0.2, 0.25) is 5.91 Å². The predicted molar refractivity (Wildman–Crippen MR) is 103 cm³/mol. The van der Waals surface area contributed by atoms with Crippen LogP contribution in [0.3, 0.4) is 0 Å². The lowest BCUT2D eigenvalue weighted by molar-refractivity contribution is -0.130. The molecule has 4 heteroatoms. The average Bonchev–Trinajstić information content (AvgIpc) is 3.16. The van der Waals surface area contributed by atoms with Gasteiger partial charge < -0.3 is 9.64 Å². The molecule has 0 N–H and O–H groups in total. The number of aromatic nitrogens is 1. The van der Waals surface area contributed by atoms with Crippen molar-refractivity contribution >= 4 is 16.8 Å². The Hall–Kier alpha value is -2.88. The van der Waals surface area contributed by atoms with Crippen LogP contribution in [0.2, 0.25) is 0 Å². The molecule has 0 aliphatic carbocycles. The summed E-state index contributed by atoms with van der Waals surface area (Å²) in [7, 11) is 0. The highest BCUT2D eigenvalue weighted by atomic mass is 16.5. The molecule has 1 amide bonds. The molecular weight excluding hydrogens is 324 g/mol. The van der Waals surface area contributed by atoms with E-state index >= 15 is 0 Å². The molecule has 132 valence electrons. The second-order valence-corrected chi connectivity index (χ2v) is 6.66. The first-order valence-electron chi connectivity index (χ1n) is 9.12. The van der Waals surface area contributed by atoms with Gasteiger partial charge in [-0.1, -0.05) is 37.3 Å². The van der Waals surface area contributed by atoms with Crippen molar-refractivity contribution in [2.24, 2.45) is 0 Å². The van der Waals surface area contributed by atoms with E-state index in [1.54, 1.807) is 0 Å². The summed E-state index contributed by atoms with van der Waals surface area (Å²) in [4.78, 5) is 18.2. The minimum absolute atomic E-state index is 0.0821. The van der Waals surface area contributed by atoms with Crippen molar-refractivity contribution in [2.45, 2.75) is 25.9 Å². The van der Waals surface area contributed by atoms with E-state index in [1.165, 1.54) is 0 Å². The second-order valence-electron chi connectivity index (χ2n) is 6.66. The van der Waals surface area contributed by atoms with E-state index in [9.17, 15) is 4.79 Å². The number of rotatable bonds is 4. The zero-order valence-corrected chi connectivity index (χ0v) is 14.9. The highest BCUT2D eigenvalue weighted by molar-refractivity contribution is 5.83. The molecule has 1 fully saturated rings. The van der Waals surface area contributed by atoms with Crippen LogP contribution in [0, 0.1) is 0 Å². The Morgan fingerprint density at radius 3 is 2.77 bits per heavy atom. The molecule has 1 aliphatic heterocycles. The molecule has 0 radical (unpaired) electrons. The van der Waals surface area contributed by atoms with Gasteiger partial charge in [0.15, 0.2) is 0 Å². The van der Waals surface area contributed by atoms with Crippen LogP contribution in [0.15, 0.2) is 60.8 Å². The quantitative estimate of drug-likeness (QED) is 0.708. The fourth-order valence-corrected chi connectivity index (χ4v) is 3.42. The Labute approximate surface area is 153 Å². The van der Waals surface area contributed by atoms with Crippen LogP contribution in [0.5, 0.6) is 5.75 Å². The number of amides is 1. The molecule has 4 rings (SSSR count). The maximum absolute atomic E-state index is 11.8. The maximum atomic E-state index is 11.8. The van der Waals surface area contributed by atoms with Crippen LogP contribution in [0.4, 0.5) is 0 Å². The molecule has 3 aromatic rings. The van der Waals surface area contributed by atoms with E-state index in [4.69, 9.17) is 4.74 Å². The highest BCUT2D eigenvalue weighted by Gasteiger charge is 2.26. The molecule has 0 unspecified atom stereocenters. The van der Waals surface area contributed by atoms with Gasteiger partial charge in [-0.05, 0) is 29.8 Å². The number of carbonyl (C=O) groups is 1. The molecule has 1 aliphatic rings. The standard InChI is InChI=1S/C22H22N2O2/c1-2-22(25)24-12-11-20(15-24)26-19-9-7-16(8-10-19)18-13-17-5-3-4-6-21(17)23-14-18/h3-10,13-14,20H,2,11-12,15H2,1H3/t20-/m0/s1. The van der Waals surface area contributed by atoms with Crippen molar-refractivity contribution in [1.82, 2.24) is 9.88 Å². The number of para-hydroxylation sites is 1. The summed E-state index contributed by atoms with van der Waals surface area (Å²) in [6, 6.07) is 18.4. The van der Waals surface area contributed by atoms with E-state index in [0.717, 1.165) is 40.7 Å². The number of hydrogen-bond donors (Lipinski definition) is 0. The van der Waals surface area contributed by atoms with Gasteiger partial charge in [-0.2, -0.15) is 0 Å². The molecule has 0 spiro atoms. The Kier molecular flexibility index (Phi) is 4.57. The number of carbonyl (C=O) groups excluding carboxylic acids is 1. The molecule has 2 heterocycles. The Bertz CT molecular complexity index is 921. The lowest BCUT2D eigenvalue weighted by Crippen LogP contribution is -2.30.